The molecule has 176 valence electrons. The number of anilines is 1. The lowest BCUT2D eigenvalue weighted by molar-refractivity contribution is -0.136. The van der Waals surface area contributed by atoms with E-state index in [4.69, 9.17) is 0 Å². The second-order valence-corrected chi connectivity index (χ2v) is 8.10. The van der Waals surface area contributed by atoms with E-state index in [2.05, 4.69) is 20.9 Å². The van der Waals surface area contributed by atoms with Gasteiger partial charge < -0.3 is 20.9 Å². The van der Waals surface area contributed by atoms with Crippen molar-refractivity contribution in [2.75, 3.05) is 18.4 Å². The van der Waals surface area contributed by atoms with Crippen molar-refractivity contribution in [3.63, 3.8) is 0 Å². The standard InChI is InChI=1S/C24H30FN5O3/c1-2-5-20(28-24(33)27-16-17-7-9-19(25)10-8-17)23(32)30-14-11-18(12-15-30)22(31)29-21-6-3-4-13-26-21/h3-4,6-10,13,18,20H,2,5,11-12,14-16H2,1H3,(H,26,29,31)(H2,27,28,33). The lowest BCUT2D eigenvalue weighted by atomic mass is 9.95. The third kappa shape index (κ3) is 7.27. The van der Waals surface area contributed by atoms with Crippen molar-refractivity contribution < 1.29 is 18.8 Å². The number of aromatic nitrogens is 1. The smallest absolute Gasteiger partial charge is 0.315 e. The molecule has 0 bridgehead atoms. The molecule has 1 aliphatic rings. The highest BCUT2D eigenvalue weighted by molar-refractivity contribution is 5.92. The molecule has 0 radical (unpaired) electrons. The van der Waals surface area contributed by atoms with Crippen molar-refractivity contribution in [1.29, 1.82) is 0 Å². The molecular formula is C24H30FN5O3. The Hall–Kier alpha value is -3.49. The maximum atomic E-state index is 13.0. The van der Waals surface area contributed by atoms with Gasteiger partial charge in [0, 0.05) is 31.7 Å². The van der Waals surface area contributed by atoms with Crippen LogP contribution in [-0.4, -0.2) is 46.9 Å². The predicted octanol–water partition coefficient (Wildman–Crippen LogP) is 3.07. The van der Waals surface area contributed by atoms with Gasteiger partial charge in [0.1, 0.15) is 17.7 Å². The molecule has 9 heteroatoms. The SMILES string of the molecule is CCCC(NC(=O)NCc1ccc(F)cc1)C(=O)N1CCC(C(=O)Nc2ccccn2)CC1. The van der Waals surface area contributed by atoms with Crippen LogP contribution in [0.25, 0.3) is 0 Å². The fourth-order valence-corrected chi connectivity index (χ4v) is 3.79. The normalized spacial score (nSPS) is 14.9. The third-order valence-corrected chi connectivity index (χ3v) is 5.64. The molecule has 33 heavy (non-hydrogen) atoms. The molecule has 8 nitrogen and oxygen atoms in total. The van der Waals surface area contributed by atoms with Gasteiger partial charge in [-0.3, -0.25) is 9.59 Å². The number of hydrogen-bond acceptors (Lipinski definition) is 4. The molecule has 0 spiro atoms. The van der Waals surface area contributed by atoms with Crippen molar-refractivity contribution in [3.05, 3.63) is 60.0 Å². The number of pyridine rings is 1. The number of likely N-dealkylation sites (tertiary alicyclic amines) is 1. The van der Waals surface area contributed by atoms with E-state index in [9.17, 15) is 18.8 Å². The molecule has 1 aromatic carbocycles. The third-order valence-electron chi connectivity index (χ3n) is 5.64. The van der Waals surface area contributed by atoms with Crippen LogP contribution in [0.2, 0.25) is 0 Å². The maximum absolute atomic E-state index is 13.0. The number of nitrogens with one attached hydrogen (secondary N) is 3. The summed E-state index contributed by atoms with van der Waals surface area (Å²) in [5.74, 6) is -0.246. The van der Waals surface area contributed by atoms with Gasteiger partial charge in [-0.1, -0.05) is 31.5 Å². The number of urea groups is 1. The Kier molecular flexibility index (Phi) is 8.74. The minimum absolute atomic E-state index is 0.0933. The van der Waals surface area contributed by atoms with Gasteiger partial charge in [0.05, 0.1) is 0 Å². The van der Waals surface area contributed by atoms with E-state index < -0.39 is 12.1 Å². The molecule has 1 unspecified atom stereocenters. The van der Waals surface area contributed by atoms with Gasteiger partial charge in [0.25, 0.3) is 0 Å². The minimum Gasteiger partial charge on any atom is -0.341 e. The summed E-state index contributed by atoms with van der Waals surface area (Å²) in [7, 11) is 0. The molecule has 4 amide bonds. The highest BCUT2D eigenvalue weighted by Crippen LogP contribution is 2.20. The van der Waals surface area contributed by atoms with E-state index in [0.717, 1.165) is 12.0 Å². The van der Waals surface area contributed by atoms with Gasteiger partial charge in [-0.05, 0) is 49.1 Å². The zero-order chi connectivity index (χ0) is 23.6. The summed E-state index contributed by atoms with van der Waals surface area (Å²) in [5.41, 5.74) is 0.760. The summed E-state index contributed by atoms with van der Waals surface area (Å²) in [6, 6.07) is 10.1. The molecule has 1 saturated heterocycles. The second-order valence-electron chi connectivity index (χ2n) is 8.10. The molecular weight excluding hydrogens is 425 g/mol. The van der Waals surface area contributed by atoms with E-state index in [1.807, 2.05) is 6.92 Å². The Bertz CT molecular complexity index is 931. The minimum atomic E-state index is -0.637. The van der Waals surface area contributed by atoms with Crippen LogP contribution in [0.4, 0.5) is 15.0 Å². The number of amides is 4. The predicted molar refractivity (Wildman–Crippen MR) is 123 cm³/mol. The molecule has 1 fully saturated rings. The first-order chi connectivity index (χ1) is 16.0. The van der Waals surface area contributed by atoms with E-state index in [1.54, 1.807) is 41.4 Å². The number of carbonyl (C=O) groups excluding carboxylic acids is 3. The molecule has 3 N–H and O–H groups in total. The first kappa shape index (κ1) is 24.2. The number of hydrogen-bond donors (Lipinski definition) is 3. The summed E-state index contributed by atoms with van der Waals surface area (Å²) in [4.78, 5) is 43.7. The average molecular weight is 456 g/mol. The Balaban J connectivity index is 1.47. The van der Waals surface area contributed by atoms with Crippen molar-refractivity contribution in [1.82, 2.24) is 20.5 Å². The van der Waals surface area contributed by atoms with Crippen LogP contribution in [0.5, 0.6) is 0 Å². The number of nitrogens with zero attached hydrogens (tertiary/aromatic N) is 2. The van der Waals surface area contributed by atoms with Crippen molar-refractivity contribution in [3.8, 4) is 0 Å². The molecule has 1 aromatic heterocycles. The number of halogens is 1. The fourth-order valence-electron chi connectivity index (χ4n) is 3.79. The molecule has 1 aliphatic heterocycles. The first-order valence-corrected chi connectivity index (χ1v) is 11.3. The van der Waals surface area contributed by atoms with Gasteiger partial charge >= 0.3 is 6.03 Å². The van der Waals surface area contributed by atoms with E-state index >= 15 is 0 Å². The van der Waals surface area contributed by atoms with Gasteiger partial charge in [-0.2, -0.15) is 0 Å². The lowest BCUT2D eigenvalue weighted by Gasteiger charge is -2.33. The fraction of sp³-hybridized carbons (Fsp3) is 0.417. The molecule has 1 atom stereocenters. The maximum Gasteiger partial charge on any atom is 0.315 e. The first-order valence-electron chi connectivity index (χ1n) is 11.3. The Morgan fingerprint density at radius 3 is 2.48 bits per heavy atom. The zero-order valence-corrected chi connectivity index (χ0v) is 18.7. The Morgan fingerprint density at radius 1 is 1.12 bits per heavy atom. The van der Waals surface area contributed by atoms with Crippen molar-refractivity contribution >= 4 is 23.7 Å². The van der Waals surface area contributed by atoms with Crippen LogP contribution in [0.1, 0.15) is 38.2 Å². The summed E-state index contributed by atoms with van der Waals surface area (Å²) >= 11 is 0. The van der Waals surface area contributed by atoms with Crippen LogP contribution >= 0.6 is 0 Å². The van der Waals surface area contributed by atoms with E-state index in [-0.39, 0.29) is 30.1 Å². The van der Waals surface area contributed by atoms with Crippen LogP contribution < -0.4 is 16.0 Å². The topological polar surface area (TPSA) is 103 Å². The monoisotopic (exact) mass is 455 g/mol. The summed E-state index contributed by atoms with van der Waals surface area (Å²) in [6.07, 6.45) is 3.98. The van der Waals surface area contributed by atoms with E-state index in [1.165, 1.54) is 12.1 Å². The summed E-state index contributed by atoms with van der Waals surface area (Å²) < 4.78 is 13.0. The van der Waals surface area contributed by atoms with Crippen LogP contribution in [0, 0.1) is 11.7 Å². The molecule has 0 saturated carbocycles. The van der Waals surface area contributed by atoms with Crippen LogP contribution in [-0.2, 0) is 16.1 Å². The molecule has 0 aliphatic carbocycles. The number of carbonyl (C=O) groups is 3. The number of rotatable bonds is 8. The summed E-state index contributed by atoms with van der Waals surface area (Å²) in [6.45, 7) is 3.10. The zero-order valence-electron chi connectivity index (χ0n) is 18.7. The molecule has 2 aromatic rings. The van der Waals surface area contributed by atoms with Gasteiger partial charge in [-0.25, -0.2) is 14.2 Å². The lowest BCUT2D eigenvalue weighted by Crippen LogP contribution is -2.53. The molecule has 3 rings (SSSR count). The average Bonchev–Trinajstić information content (AvgIpc) is 2.83. The van der Waals surface area contributed by atoms with Crippen molar-refractivity contribution in [2.45, 2.75) is 45.2 Å². The number of piperidine rings is 1. The largest absolute Gasteiger partial charge is 0.341 e. The Morgan fingerprint density at radius 2 is 1.85 bits per heavy atom. The van der Waals surface area contributed by atoms with Gasteiger partial charge in [-0.15, -0.1) is 0 Å². The van der Waals surface area contributed by atoms with Gasteiger partial charge in [0.15, 0.2) is 0 Å². The molecule has 2 heterocycles. The highest BCUT2D eigenvalue weighted by Gasteiger charge is 2.31. The van der Waals surface area contributed by atoms with E-state index in [0.29, 0.717) is 38.2 Å². The van der Waals surface area contributed by atoms with Crippen LogP contribution in [0.15, 0.2) is 48.7 Å². The van der Waals surface area contributed by atoms with Crippen molar-refractivity contribution in [2.24, 2.45) is 5.92 Å². The Labute approximate surface area is 193 Å². The van der Waals surface area contributed by atoms with Gasteiger partial charge in [0.2, 0.25) is 11.8 Å². The van der Waals surface area contributed by atoms with Crippen LogP contribution in [0.3, 0.4) is 0 Å². The highest BCUT2D eigenvalue weighted by atomic mass is 19.1. The second kappa shape index (κ2) is 11.9. The summed E-state index contributed by atoms with van der Waals surface area (Å²) in [5, 5.41) is 8.28. The quantitative estimate of drug-likeness (QED) is 0.569. The number of benzene rings is 1.